The van der Waals surface area contributed by atoms with Gasteiger partial charge in [-0.15, -0.1) is 0 Å². The molecular formula is C30H36N2O4. The van der Waals surface area contributed by atoms with Crippen molar-refractivity contribution < 1.29 is 19.7 Å². The molecule has 0 atom stereocenters. The summed E-state index contributed by atoms with van der Waals surface area (Å²) in [4.78, 5) is 16.4. The van der Waals surface area contributed by atoms with Crippen molar-refractivity contribution in [1.29, 1.82) is 0 Å². The van der Waals surface area contributed by atoms with Crippen LogP contribution in [0.3, 0.4) is 0 Å². The minimum atomic E-state index is -0.886. The molecular weight excluding hydrogens is 452 g/mol. The molecule has 0 fully saturated rings. The number of nitrogen functional groups attached to an aromatic ring is 1. The number of nitrogens with two attached hydrogens (primary N) is 1. The fourth-order valence-electron chi connectivity index (χ4n) is 4.43. The Morgan fingerprint density at radius 2 is 1.72 bits per heavy atom. The number of nitrogens with zero attached hydrogens (tertiary/aromatic N) is 1. The summed E-state index contributed by atoms with van der Waals surface area (Å²) >= 11 is 0. The first kappa shape index (κ1) is 27.0. The average molecular weight is 489 g/mol. The Balaban J connectivity index is 0.000000463. The first-order valence-electron chi connectivity index (χ1n) is 12.3. The monoisotopic (exact) mass is 488 g/mol. The van der Waals surface area contributed by atoms with Gasteiger partial charge in [0.05, 0.1) is 24.1 Å². The Labute approximate surface area is 212 Å². The van der Waals surface area contributed by atoms with Gasteiger partial charge in [0, 0.05) is 34.6 Å². The first-order valence-corrected chi connectivity index (χ1v) is 12.3. The van der Waals surface area contributed by atoms with Gasteiger partial charge >= 0.3 is 5.97 Å². The third kappa shape index (κ3) is 5.60. The molecule has 0 aliphatic carbocycles. The average Bonchev–Trinajstić information content (AvgIpc) is 2.84. The molecule has 0 spiro atoms. The largest absolute Gasteiger partial charge is 0.493 e. The maximum atomic E-state index is 11.7. The van der Waals surface area contributed by atoms with Crippen LogP contribution in [0.5, 0.6) is 5.75 Å². The summed E-state index contributed by atoms with van der Waals surface area (Å²) in [5, 5.41) is 21.0. The Morgan fingerprint density at radius 3 is 2.36 bits per heavy atom. The fraction of sp³-hybridized carbons (Fsp3) is 0.333. The third-order valence-electron chi connectivity index (χ3n) is 5.81. The summed E-state index contributed by atoms with van der Waals surface area (Å²) in [5.74, 6) is -0.0580. The van der Waals surface area contributed by atoms with E-state index in [2.05, 4.69) is 4.98 Å². The van der Waals surface area contributed by atoms with Gasteiger partial charge in [-0.05, 0) is 73.5 Å². The summed E-state index contributed by atoms with van der Waals surface area (Å²) in [6.07, 6.45) is 2.55. The molecule has 4 aromatic rings. The van der Waals surface area contributed by atoms with Gasteiger partial charge in [-0.25, -0.2) is 0 Å². The van der Waals surface area contributed by atoms with Crippen LogP contribution in [0.2, 0.25) is 0 Å². The van der Waals surface area contributed by atoms with Crippen LogP contribution < -0.4 is 10.5 Å². The molecule has 4 N–H and O–H groups in total. The highest BCUT2D eigenvalue weighted by Crippen LogP contribution is 2.44. The van der Waals surface area contributed by atoms with Crippen LogP contribution >= 0.6 is 0 Å². The standard InChI is InChI=1S/C24H20N2O3.C4H10O.C2H6/c1-13-18(12-20(27)28)22(15-4-2-3-5-16(15)23(13)25)17-6-7-19-21-14(9-11-29-19)8-10-26-24(17)21;1-4(2,3)5;1-2/h2-8,10H,9,11-12,25H2,1H3,(H,27,28);5H,1-3H3;1-2H3. The Kier molecular flexibility index (Phi) is 8.21. The number of aliphatic carboxylic acids is 1. The van der Waals surface area contributed by atoms with E-state index in [1.54, 1.807) is 20.8 Å². The third-order valence-corrected chi connectivity index (χ3v) is 5.81. The highest BCUT2D eigenvalue weighted by molar-refractivity contribution is 6.11. The molecule has 6 nitrogen and oxygen atoms in total. The van der Waals surface area contributed by atoms with Gasteiger partial charge in [-0.2, -0.15) is 0 Å². The van der Waals surface area contributed by atoms with Gasteiger partial charge in [0.15, 0.2) is 0 Å². The molecule has 0 saturated heterocycles. The van der Waals surface area contributed by atoms with Crippen LogP contribution in [0.15, 0.2) is 48.7 Å². The summed E-state index contributed by atoms with van der Waals surface area (Å²) in [6.45, 7) is 11.8. The number of pyridine rings is 1. The second-order valence-corrected chi connectivity index (χ2v) is 9.58. The number of fused-ring (bicyclic) bond motifs is 1. The molecule has 6 heteroatoms. The zero-order chi connectivity index (χ0) is 26.6. The van der Waals surface area contributed by atoms with Crippen LogP contribution in [0, 0.1) is 6.92 Å². The summed E-state index contributed by atoms with van der Waals surface area (Å²) in [6, 6.07) is 13.9. The van der Waals surface area contributed by atoms with Crippen molar-refractivity contribution in [2.75, 3.05) is 12.3 Å². The second kappa shape index (κ2) is 11.0. The molecule has 5 rings (SSSR count). The molecule has 190 valence electrons. The van der Waals surface area contributed by atoms with Crippen molar-refractivity contribution in [2.24, 2.45) is 0 Å². The molecule has 0 amide bonds. The van der Waals surface area contributed by atoms with Gasteiger partial charge in [-0.3, -0.25) is 9.78 Å². The van der Waals surface area contributed by atoms with E-state index < -0.39 is 11.6 Å². The molecule has 36 heavy (non-hydrogen) atoms. The van der Waals surface area contributed by atoms with Crippen molar-refractivity contribution >= 4 is 33.3 Å². The lowest BCUT2D eigenvalue weighted by atomic mass is 9.86. The predicted octanol–water partition coefficient (Wildman–Crippen LogP) is 6.31. The fourth-order valence-corrected chi connectivity index (χ4v) is 4.43. The van der Waals surface area contributed by atoms with Crippen molar-refractivity contribution in [3.8, 4) is 16.9 Å². The van der Waals surface area contributed by atoms with Crippen molar-refractivity contribution in [2.45, 2.75) is 60.0 Å². The number of aromatic nitrogens is 1. The highest BCUT2D eigenvalue weighted by atomic mass is 16.5. The van der Waals surface area contributed by atoms with E-state index in [1.165, 1.54) is 5.56 Å². The Morgan fingerprint density at radius 1 is 1.08 bits per heavy atom. The summed E-state index contributed by atoms with van der Waals surface area (Å²) in [5.41, 5.74) is 11.9. The number of anilines is 1. The lowest BCUT2D eigenvalue weighted by Crippen LogP contribution is -2.10. The molecule has 3 aromatic carbocycles. The number of hydrogen-bond acceptors (Lipinski definition) is 5. The lowest BCUT2D eigenvalue weighted by Gasteiger charge is -2.22. The molecule has 0 unspecified atom stereocenters. The zero-order valence-electron chi connectivity index (χ0n) is 22.0. The van der Waals surface area contributed by atoms with E-state index in [0.29, 0.717) is 12.3 Å². The number of carboxylic acid groups (broad SMARTS) is 1. The number of ether oxygens (including phenoxy) is 1. The van der Waals surface area contributed by atoms with E-state index in [-0.39, 0.29) is 6.42 Å². The molecule has 0 saturated carbocycles. The van der Waals surface area contributed by atoms with E-state index in [9.17, 15) is 9.90 Å². The summed E-state index contributed by atoms with van der Waals surface area (Å²) < 4.78 is 5.86. The lowest BCUT2D eigenvalue weighted by molar-refractivity contribution is -0.136. The van der Waals surface area contributed by atoms with Crippen LogP contribution in [0.1, 0.15) is 51.3 Å². The van der Waals surface area contributed by atoms with Crippen LogP contribution in [-0.4, -0.2) is 33.4 Å². The number of rotatable bonds is 3. The van der Waals surface area contributed by atoms with Crippen molar-refractivity contribution in [3.05, 3.63) is 65.4 Å². The highest BCUT2D eigenvalue weighted by Gasteiger charge is 2.23. The Bertz CT molecular complexity index is 1390. The summed E-state index contributed by atoms with van der Waals surface area (Å²) in [7, 11) is 0. The second-order valence-electron chi connectivity index (χ2n) is 9.58. The van der Waals surface area contributed by atoms with Crippen LogP contribution in [0.25, 0.3) is 32.8 Å². The van der Waals surface area contributed by atoms with Gasteiger partial charge in [-0.1, -0.05) is 38.1 Å². The van der Waals surface area contributed by atoms with E-state index in [4.69, 9.17) is 15.6 Å². The Hall–Kier alpha value is -3.64. The van der Waals surface area contributed by atoms with Gasteiger partial charge in [0.25, 0.3) is 0 Å². The molecule has 1 aromatic heterocycles. The molecule has 0 bridgehead atoms. The van der Waals surface area contributed by atoms with E-state index in [0.717, 1.165) is 56.1 Å². The quantitative estimate of drug-likeness (QED) is 0.292. The van der Waals surface area contributed by atoms with E-state index >= 15 is 0 Å². The topological polar surface area (TPSA) is 106 Å². The van der Waals surface area contributed by atoms with Crippen molar-refractivity contribution in [3.63, 3.8) is 0 Å². The minimum absolute atomic E-state index is 0.102. The van der Waals surface area contributed by atoms with Gasteiger partial charge in [0.1, 0.15) is 5.75 Å². The van der Waals surface area contributed by atoms with E-state index in [1.807, 2.05) is 69.4 Å². The molecule has 0 radical (unpaired) electrons. The minimum Gasteiger partial charge on any atom is -0.493 e. The molecule has 1 aliphatic rings. The smallest absolute Gasteiger partial charge is 0.307 e. The number of aliphatic hydroxyl groups is 1. The van der Waals surface area contributed by atoms with Crippen LogP contribution in [-0.2, 0) is 17.6 Å². The zero-order valence-corrected chi connectivity index (χ0v) is 22.0. The first-order chi connectivity index (χ1) is 17.1. The molecule has 1 aliphatic heterocycles. The van der Waals surface area contributed by atoms with Crippen molar-refractivity contribution in [1.82, 2.24) is 4.98 Å². The normalized spacial score (nSPS) is 12.2. The maximum absolute atomic E-state index is 11.7. The van der Waals surface area contributed by atoms with Crippen LogP contribution in [0.4, 0.5) is 5.69 Å². The molecule has 2 heterocycles. The maximum Gasteiger partial charge on any atom is 0.307 e. The number of benzene rings is 3. The number of carbonyl (C=O) groups is 1. The SMILES string of the molecule is CC.CC(C)(C)O.Cc1c(CC(=O)O)c(-c2ccc3c4c(ccnc24)CCO3)c2ccccc2c1N. The number of carboxylic acids is 1. The number of hydrogen-bond donors (Lipinski definition) is 3. The predicted molar refractivity (Wildman–Crippen MR) is 148 cm³/mol. The van der Waals surface area contributed by atoms with Gasteiger partial charge < -0.3 is 20.7 Å². The van der Waals surface area contributed by atoms with Gasteiger partial charge in [0.2, 0.25) is 0 Å².